The molecule has 1 aromatic heterocycles. The SMILES string of the molecule is COc1ccc([C@@H](C)NC(=O)c2cn(C)c3ccccc3c2=O)cc1. The largest absolute Gasteiger partial charge is 0.497 e. The Morgan fingerprint density at radius 1 is 1.12 bits per heavy atom. The molecule has 2 aromatic carbocycles. The van der Waals surface area contributed by atoms with Gasteiger partial charge in [-0.05, 0) is 36.8 Å². The number of hydrogen-bond acceptors (Lipinski definition) is 3. The fraction of sp³-hybridized carbons (Fsp3) is 0.200. The number of para-hydroxylation sites is 1. The summed E-state index contributed by atoms with van der Waals surface area (Å²) in [6, 6.07) is 14.5. The molecule has 0 aliphatic rings. The zero-order valence-electron chi connectivity index (χ0n) is 14.4. The lowest BCUT2D eigenvalue weighted by atomic mass is 10.1. The van der Waals surface area contributed by atoms with Gasteiger partial charge >= 0.3 is 0 Å². The third-order valence-electron chi connectivity index (χ3n) is 4.30. The van der Waals surface area contributed by atoms with Crippen molar-refractivity contribution in [3.8, 4) is 5.75 Å². The van der Waals surface area contributed by atoms with E-state index in [1.165, 1.54) is 0 Å². The number of nitrogens with zero attached hydrogens (tertiary/aromatic N) is 1. The summed E-state index contributed by atoms with van der Waals surface area (Å²) in [5.41, 5.74) is 1.62. The Bertz CT molecular complexity index is 974. The normalized spacial score (nSPS) is 12.0. The third-order valence-corrected chi connectivity index (χ3v) is 4.30. The third kappa shape index (κ3) is 3.26. The number of aryl methyl sites for hydroxylation is 1. The van der Waals surface area contributed by atoms with Gasteiger partial charge in [0.05, 0.1) is 18.7 Å². The molecule has 128 valence electrons. The standard InChI is InChI=1S/C20H20N2O3/c1-13(14-8-10-15(25-3)11-9-14)21-20(24)17-12-22(2)18-7-5-4-6-16(18)19(17)23/h4-13H,1-3H3,(H,21,24)/t13-/m1/s1. The zero-order chi connectivity index (χ0) is 18.0. The molecule has 0 unspecified atom stereocenters. The summed E-state index contributed by atoms with van der Waals surface area (Å²) in [5, 5.41) is 3.43. The van der Waals surface area contributed by atoms with Crippen LogP contribution in [0.25, 0.3) is 10.9 Å². The van der Waals surface area contributed by atoms with E-state index in [1.807, 2.05) is 50.4 Å². The first kappa shape index (κ1) is 16.8. The second-order valence-corrected chi connectivity index (χ2v) is 5.97. The molecule has 5 heteroatoms. The molecule has 1 N–H and O–H groups in total. The molecule has 0 radical (unpaired) electrons. The van der Waals surface area contributed by atoms with Crippen LogP contribution in [0.2, 0.25) is 0 Å². The number of carbonyl (C=O) groups excluding carboxylic acids is 1. The Morgan fingerprint density at radius 3 is 2.48 bits per heavy atom. The number of hydrogen-bond donors (Lipinski definition) is 1. The summed E-state index contributed by atoms with van der Waals surface area (Å²) in [5.74, 6) is 0.375. The van der Waals surface area contributed by atoms with E-state index >= 15 is 0 Å². The molecular formula is C20H20N2O3. The van der Waals surface area contributed by atoms with Crippen molar-refractivity contribution in [3.63, 3.8) is 0 Å². The number of fused-ring (bicyclic) bond motifs is 1. The van der Waals surface area contributed by atoms with E-state index in [2.05, 4.69) is 5.32 Å². The highest BCUT2D eigenvalue weighted by Crippen LogP contribution is 2.18. The van der Waals surface area contributed by atoms with Crippen LogP contribution in [0, 0.1) is 0 Å². The summed E-state index contributed by atoms with van der Waals surface area (Å²) >= 11 is 0. The first-order chi connectivity index (χ1) is 12.0. The van der Waals surface area contributed by atoms with E-state index in [4.69, 9.17) is 4.74 Å². The number of benzene rings is 2. The maximum atomic E-state index is 12.6. The number of amides is 1. The van der Waals surface area contributed by atoms with E-state index in [-0.39, 0.29) is 22.9 Å². The number of ether oxygens (including phenoxy) is 1. The van der Waals surface area contributed by atoms with E-state index in [0.29, 0.717) is 5.39 Å². The molecule has 0 aliphatic heterocycles. The Labute approximate surface area is 145 Å². The molecule has 0 fully saturated rings. The molecule has 3 rings (SSSR count). The minimum atomic E-state index is -0.380. The zero-order valence-corrected chi connectivity index (χ0v) is 14.4. The quantitative estimate of drug-likeness (QED) is 0.797. The van der Waals surface area contributed by atoms with Crippen LogP contribution in [0.1, 0.15) is 28.9 Å². The molecule has 1 amide bonds. The molecule has 0 aliphatic carbocycles. The molecule has 1 atom stereocenters. The van der Waals surface area contributed by atoms with Gasteiger partial charge in [0.25, 0.3) is 5.91 Å². The maximum absolute atomic E-state index is 12.6. The topological polar surface area (TPSA) is 60.3 Å². The Hall–Kier alpha value is -3.08. The van der Waals surface area contributed by atoms with Crippen LogP contribution in [-0.4, -0.2) is 17.6 Å². The lowest BCUT2D eigenvalue weighted by molar-refractivity contribution is 0.0938. The molecule has 3 aromatic rings. The predicted octanol–water partition coefficient (Wildman–Crippen LogP) is 3.04. The minimum Gasteiger partial charge on any atom is -0.497 e. The van der Waals surface area contributed by atoms with Crippen molar-refractivity contribution in [1.29, 1.82) is 0 Å². The lowest BCUT2D eigenvalue weighted by Gasteiger charge is -2.15. The van der Waals surface area contributed by atoms with Crippen LogP contribution in [0.5, 0.6) is 5.75 Å². The molecular weight excluding hydrogens is 316 g/mol. The van der Waals surface area contributed by atoms with E-state index in [1.54, 1.807) is 30.0 Å². The van der Waals surface area contributed by atoms with Crippen molar-refractivity contribution < 1.29 is 9.53 Å². The second kappa shape index (κ2) is 6.81. The molecule has 0 saturated heterocycles. The lowest BCUT2D eigenvalue weighted by Crippen LogP contribution is -2.31. The van der Waals surface area contributed by atoms with Crippen molar-refractivity contribution in [3.05, 3.63) is 76.1 Å². The van der Waals surface area contributed by atoms with Gasteiger partial charge in [0.1, 0.15) is 11.3 Å². The highest BCUT2D eigenvalue weighted by atomic mass is 16.5. The smallest absolute Gasteiger partial charge is 0.257 e. The molecule has 5 nitrogen and oxygen atoms in total. The first-order valence-corrected chi connectivity index (χ1v) is 8.04. The van der Waals surface area contributed by atoms with Crippen LogP contribution in [0.3, 0.4) is 0 Å². The summed E-state index contributed by atoms with van der Waals surface area (Å²) in [7, 11) is 3.43. The van der Waals surface area contributed by atoms with Gasteiger partial charge in [-0.3, -0.25) is 9.59 Å². The highest BCUT2D eigenvalue weighted by molar-refractivity contribution is 5.97. The number of methoxy groups -OCH3 is 1. The fourth-order valence-corrected chi connectivity index (χ4v) is 2.85. The highest BCUT2D eigenvalue weighted by Gasteiger charge is 2.17. The predicted molar refractivity (Wildman–Crippen MR) is 98.1 cm³/mol. The van der Waals surface area contributed by atoms with Gasteiger partial charge in [-0.2, -0.15) is 0 Å². The van der Waals surface area contributed by atoms with Gasteiger partial charge in [-0.15, -0.1) is 0 Å². The van der Waals surface area contributed by atoms with Crippen LogP contribution < -0.4 is 15.5 Å². The van der Waals surface area contributed by atoms with Gasteiger partial charge in [-0.1, -0.05) is 24.3 Å². The van der Waals surface area contributed by atoms with Crippen molar-refractivity contribution in [2.75, 3.05) is 7.11 Å². The monoisotopic (exact) mass is 336 g/mol. The molecule has 0 bridgehead atoms. The molecule has 0 spiro atoms. The fourth-order valence-electron chi connectivity index (χ4n) is 2.85. The van der Waals surface area contributed by atoms with Crippen molar-refractivity contribution >= 4 is 16.8 Å². The number of nitrogens with one attached hydrogen (secondary N) is 1. The van der Waals surface area contributed by atoms with Gasteiger partial charge in [0.15, 0.2) is 0 Å². The van der Waals surface area contributed by atoms with E-state index in [0.717, 1.165) is 16.8 Å². The average Bonchev–Trinajstić information content (AvgIpc) is 2.64. The number of pyridine rings is 1. The number of carbonyl (C=O) groups is 1. The average molecular weight is 336 g/mol. The van der Waals surface area contributed by atoms with Gasteiger partial charge in [0.2, 0.25) is 5.43 Å². The van der Waals surface area contributed by atoms with Crippen molar-refractivity contribution in [2.45, 2.75) is 13.0 Å². The van der Waals surface area contributed by atoms with E-state index < -0.39 is 0 Å². The van der Waals surface area contributed by atoms with Crippen LogP contribution in [0.4, 0.5) is 0 Å². The van der Waals surface area contributed by atoms with Gasteiger partial charge < -0.3 is 14.6 Å². The summed E-state index contributed by atoms with van der Waals surface area (Å²) < 4.78 is 6.93. The van der Waals surface area contributed by atoms with Gasteiger partial charge in [0, 0.05) is 18.6 Å². The van der Waals surface area contributed by atoms with Crippen LogP contribution in [0.15, 0.2) is 59.5 Å². The van der Waals surface area contributed by atoms with E-state index in [9.17, 15) is 9.59 Å². The van der Waals surface area contributed by atoms with Crippen molar-refractivity contribution in [1.82, 2.24) is 9.88 Å². The Balaban J connectivity index is 1.89. The summed E-state index contributed by atoms with van der Waals surface area (Å²) in [4.78, 5) is 25.3. The minimum absolute atomic E-state index is 0.140. The second-order valence-electron chi connectivity index (χ2n) is 5.97. The Morgan fingerprint density at radius 2 is 1.80 bits per heavy atom. The Kier molecular flexibility index (Phi) is 4.57. The number of aromatic nitrogens is 1. The van der Waals surface area contributed by atoms with Gasteiger partial charge in [-0.25, -0.2) is 0 Å². The van der Waals surface area contributed by atoms with Crippen LogP contribution >= 0.6 is 0 Å². The van der Waals surface area contributed by atoms with Crippen molar-refractivity contribution in [2.24, 2.45) is 7.05 Å². The molecule has 25 heavy (non-hydrogen) atoms. The molecule has 0 saturated carbocycles. The summed E-state index contributed by atoms with van der Waals surface area (Å²) in [6.45, 7) is 1.88. The van der Waals surface area contributed by atoms with Crippen LogP contribution in [-0.2, 0) is 7.05 Å². The molecule has 1 heterocycles. The number of rotatable bonds is 4. The maximum Gasteiger partial charge on any atom is 0.257 e. The summed E-state index contributed by atoms with van der Waals surface area (Å²) in [6.07, 6.45) is 1.58. The first-order valence-electron chi connectivity index (χ1n) is 8.04.